The molecule has 0 bridgehead atoms. The lowest BCUT2D eigenvalue weighted by atomic mass is 9.89. The fraction of sp³-hybridized carbons (Fsp3) is 0.629. The number of carbonyl (C=O) groups excluding carboxylic acids is 1. The summed E-state index contributed by atoms with van der Waals surface area (Å²) in [6.07, 6.45) is -25.7. The largest absolute Gasteiger partial charge is 0.507 e. The Morgan fingerprint density at radius 2 is 1.11 bits per heavy atom. The molecule has 0 aromatic heterocycles. The molecule has 22 heteroatoms. The van der Waals surface area contributed by atoms with Crippen molar-refractivity contribution in [3.05, 3.63) is 41.0 Å². The Labute approximate surface area is 324 Å². The Morgan fingerprint density at radius 3 is 1.63 bits per heavy atom. The van der Waals surface area contributed by atoms with E-state index < -0.39 is 136 Å². The Morgan fingerprint density at radius 1 is 0.614 bits per heavy atom. The molecule has 3 aliphatic rings. The number of hydrogen-bond acceptors (Lipinski definition) is 22. The molecule has 3 heterocycles. The van der Waals surface area contributed by atoms with Crippen LogP contribution in [0.2, 0.25) is 0 Å². The monoisotopic (exact) mass is 820 g/mol. The number of aliphatic hydroxyl groups is 9. The summed E-state index contributed by atoms with van der Waals surface area (Å²) in [5, 5.41) is 126. The van der Waals surface area contributed by atoms with Crippen LogP contribution in [0.3, 0.4) is 0 Å². The summed E-state index contributed by atoms with van der Waals surface area (Å²) in [6.45, 7) is -3.01. The maximum atomic E-state index is 12.8. The van der Waals surface area contributed by atoms with Gasteiger partial charge in [-0.15, -0.1) is 0 Å². The van der Waals surface area contributed by atoms with Crippen molar-refractivity contribution in [1.29, 1.82) is 0 Å². The summed E-state index contributed by atoms with van der Waals surface area (Å²) in [7, 11) is 3.69. The molecule has 2 aromatic carbocycles. The van der Waals surface area contributed by atoms with Gasteiger partial charge in [-0.05, 0) is 29.8 Å². The van der Waals surface area contributed by atoms with Crippen LogP contribution in [0.5, 0.6) is 28.7 Å². The molecule has 2 aromatic rings. The molecule has 22 nitrogen and oxygen atoms in total. The van der Waals surface area contributed by atoms with E-state index in [0.29, 0.717) is 0 Å². The maximum absolute atomic E-state index is 12.8. The highest BCUT2D eigenvalue weighted by molar-refractivity contribution is 5.91. The number of phenolic OH excluding ortho intramolecular Hbond substituents is 3. The molecular weight excluding hydrogens is 772 g/mol. The Bertz CT molecular complexity index is 1610. The van der Waals surface area contributed by atoms with E-state index in [0.717, 1.165) is 19.2 Å². The molecule has 0 radical (unpaired) electrons. The Balaban J connectivity index is 1.37. The second-order valence-electron chi connectivity index (χ2n) is 13.4. The fourth-order valence-corrected chi connectivity index (χ4v) is 6.84. The van der Waals surface area contributed by atoms with Crippen molar-refractivity contribution in [2.24, 2.45) is 0 Å². The van der Waals surface area contributed by atoms with Crippen LogP contribution in [-0.4, -0.2) is 194 Å². The summed E-state index contributed by atoms with van der Waals surface area (Å²) < 4.78 is 49.4. The second-order valence-corrected chi connectivity index (χ2v) is 13.4. The first-order chi connectivity index (χ1) is 27.1. The lowest BCUT2D eigenvalue weighted by Gasteiger charge is -2.49. The number of rotatable bonds is 14. The van der Waals surface area contributed by atoms with E-state index >= 15 is 0 Å². The van der Waals surface area contributed by atoms with Gasteiger partial charge in [-0.1, -0.05) is 0 Å². The molecule has 0 saturated carbocycles. The Hall–Kier alpha value is -3.69. The van der Waals surface area contributed by atoms with Gasteiger partial charge in [0.05, 0.1) is 45.2 Å². The standard InChI is InChI=1S/C35H48O22/c1-49-16-6-13(7-17(50-2)22(16)41)33(48)52-11-12-4-14(39)21(15(40)5-12)29-32(51-3)31(25(44)19(9-37)53-29)57-35-28(47)30(24(43)20(10-38)55-35)56-34-27(46)26(45)23(42)18(8-36)54-34/h4-7,18-20,23-32,34-47H,8-11H2,1-3H3. The summed E-state index contributed by atoms with van der Waals surface area (Å²) in [5.74, 6) is -2.58. The predicted octanol–water partition coefficient (Wildman–Crippen LogP) is -4.00. The van der Waals surface area contributed by atoms with Crippen LogP contribution in [0.15, 0.2) is 24.3 Å². The molecule has 12 N–H and O–H groups in total. The van der Waals surface area contributed by atoms with Crippen molar-refractivity contribution in [3.8, 4) is 28.7 Å². The van der Waals surface area contributed by atoms with Gasteiger partial charge in [0.1, 0.15) is 97.5 Å². The van der Waals surface area contributed by atoms with Gasteiger partial charge in [0, 0.05) is 7.11 Å². The molecule has 0 spiro atoms. The van der Waals surface area contributed by atoms with Crippen LogP contribution >= 0.6 is 0 Å². The summed E-state index contributed by atoms with van der Waals surface area (Å²) in [5.41, 5.74) is -0.279. The minimum Gasteiger partial charge on any atom is -0.507 e. The third-order valence-electron chi connectivity index (χ3n) is 9.93. The summed E-state index contributed by atoms with van der Waals surface area (Å²) >= 11 is 0. The molecule has 320 valence electrons. The molecule has 3 aliphatic heterocycles. The van der Waals surface area contributed by atoms with E-state index in [2.05, 4.69) is 0 Å². The van der Waals surface area contributed by atoms with E-state index in [1.54, 1.807) is 0 Å². The number of aliphatic hydroxyl groups excluding tert-OH is 9. The molecule has 3 saturated heterocycles. The zero-order chi connectivity index (χ0) is 41.9. The third-order valence-corrected chi connectivity index (χ3v) is 9.93. The van der Waals surface area contributed by atoms with E-state index in [-0.39, 0.29) is 33.9 Å². The molecule has 15 atom stereocenters. The first kappa shape index (κ1) is 44.4. The average Bonchev–Trinajstić information content (AvgIpc) is 3.20. The number of hydrogen-bond donors (Lipinski definition) is 12. The third kappa shape index (κ3) is 9.00. The smallest absolute Gasteiger partial charge is 0.338 e. The van der Waals surface area contributed by atoms with Crippen molar-refractivity contribution >= 4 is 5.97 Å². The lowest BCUT2D eigenvalue weighted by molar-refractivity contribution is -0.374. The number of methoxy groups -OCH3 is 3. The molecule has 0 aliphatic carbocycles. The van der Waals surface area contributed by atoms with Crippen LogP contribution in [0.1, 0.15) is 27.6 Å². The van der Waals surface area contributed by atoms with Crippen molar-refractivity contribution in [1.82, 2.24) is 0 Å². The SMILES string of the molecule is COc1cc(C(=O)OCc2cc(O)c(C3OC(CO)C(O)C(OC4OC(CO)C(O)C(OC5OC(CO)C(O)C(O)C5O)C4O)C3OC)c(O)c2)cc(OC)c1O. The molecule has 3 fully saturated rings. The van der Waals surface area contributed by atoms with Crippen LogP contribution in [0, 0.1) is 0 Å². The number of aromatic hydroxyl groups is 3. The fourth-order valence-electron chi connectivity index (χ4n) is 6.84. The zero-order valence-corrected chi connectivity index (χ0v) is 30.7. The molecule has 57 heavy (non-hydrogen) atoms. The van der Waals surface area contributed by atoms with Gasteiger partial charge in [-0.2, -0.15) is 0 Å². The van der Waals surface area contributed by atoms with Gasteiger partial charge in [0.2, 0.25) is 5.75 Å². The van der Waals surface area contributed by atoms with Crippen molar-refractivity contribution in [3.63, 3.8) is 0 Å². The van der Waals surface area contributed by atoms with E-state index in [1.807, 2.05) is 0 Å². The van der Waals surface area contributed by atoms with Gasteiger partial charge < -0.3 is 104 Å². The normalized spacial score (nSPS) is 35.8. The van der Waals surface area contributed by atoms with Crippen LogP contribution < -0.4 is 9.47 Å². The zero-order valence-electron chi connectivity index (χ0n) is 30.7. The van der Waals surface area contributed by atoms with Crippen LogP contribution in [0.4, 0.5) is 0 Å². The van der Waals surface area contributed by atoms with E-state index in [9.17, 15) is 66.1 Å². The van der Waals surface area contributed by atoms with E-state index in [1.165, 1.54) is 26.4 Å². The van der Waals surface area contributed by atoms with Crippen molar-refractivity contribution in [2.45, 2.75) is 98.5 Å². The Kier molecular flexibility index (Phi) is 14.7. The van der Waals surface area contributed by atoms with Crippen LogP contribution in [-0.2, 0) is 39.8 Å². The molecular formula is C35H48O22. The average molecular weight is 821 g/mol. The lowest BCUT2D eigenvalue weighted by Crippen LogP contribution is -2.66. The summed E-state index contributed by atoms with van der Waals surface area (Å²) in [4.78, 5) is 12.8. The highest BCUT2D eigenvalue weighted by atomic mass is 16.7. The number of benzene rings is 2. The topological polar surface area (TPSA) is 343 Å². The van der Waals surface area contributed by atoms with Crippen molar-refractivity contribution in [2.75, 3.05) is 41.2 Å². The van der Waals surface area contributed by atoms with Crippen molar-refractivity contribution < 1.29 is 109 Å². The number of ether oxygens (including phenoxy) is 9. The van der Waals surface area contributed by atoms with Gasteiger partial charge in [-0.25, -0.2) is 4.79 Å². The number of phenols is 3. The molecule has 5 rings (SSSR count). The summed E-state index contributed by atoms with van der Waals surface area (Å²) in [6, 6.07) is 4.69. The highest BCUT2D eigenvalue weighted by Gasteiger charge is 2.54. The number of carbonyl (C=O) groups is 1. The van der Waals surface area contributed by atoms with Gasteiger partial charge in [-0.3, -0.25) is 0 Å². The quantitative estimate of drug-likeness (QED) is 0.0808. The second kappa shape index (κ2) is 18.9. The number of esters is 1. The van der Waals surface area contributed by atoms with Gasteiger partial charge >= 0.3 is 5.97 Å². The van der Waals surface area contributed by atoms with E-state index in [4.69, 9.17) is 42.6 Å². The van der Waals surface area contributed by atoms with Crippen LogP contribution in [0.25, 0.3) is 0 Å². The molecule has 0 amide bonds. The maximum Gasteiger partial charge on any atom is 0.338 e. The first-order valence-corrected chi connectivity index (χ1v) is 17.5. The predicted molar refractivity (Wildman–Crippen MR) is 183 cm³/mol. The highest BCUT2D eigenvalue weighted by Crippen LogP contribution is 2.45. The van der Waals surface area contributed by atoms with Gasteiger partial charge in [0.15, 0.2) is 24.1 Å². The molecule has 15 unspecified atom stereocenters. The minimum absolute atomic E-state index is 0.0524. The van der Waals surface area contributed by atoms with Gasteiger partial charge in [0.25, 0.3) is 0 Å². The minimum atomic E-state index is -2.01. The first-order valence-electron chi connectivity index (χ1n) is 17.5.